The van der Waals surface area contributed by atoms with Crippen LogP contribution in [0.2, 0.25) is 0 Å². The largest absolute Gasteiger partial charge is 0.493 e. The Morgan fingerprint density at radius 3 is 2.42 bits per heavy atom. The first-order chi connectivity index (χ1) is 22.3. The number of nitrogens with zero attached hydrogens (tertiary/aromatic N) is 1. The van der Waals surface area contributed by atoms with Crippen LogP contribution < -0.4 is 14.8 Å². The summed E-state index contributed by atoms with van der Waals surface area (Å²) in [5.74, 6) is -1.02. The molecule has 2 bridgehead atoms. The third kappa shape index (κ3) is 6.46. The van der Waals surface area contributed by atoms with Crippen LogP contribution in [0.25, 0.3) is 0 Å². The maximum absolute atomic E-state index is 13.3. The van der Waals surface area contributed by atoms with E-state index in [2.05, 4.69) is 10.2 Å². The summed E-state index contributed by atoms with van der Waals surface area (Å²) in [4.78, 5) is 53.6. The van der Waals surface area contributed by atoms with Gasteiger partial charge in [-0.15, -0.1) is 0 Å². The van der Waals surface area contributed by atoms with E-state index in [4.69, 9.17) is 28.4 Å². The summed E-state index contributed by atoms with van der Waals surface area (Å²) in [7, 11) is 3.57. The maximum atomic E-state index is 13.3. The van der Waals surface area contributed by atoms with Gasteiger partial charge in [-0.25, -0.2) is 14.4 Å². The first kappa shape index (κ1) is 35.5. The highest BCUT2D eigenvalue weighted by molar-refractivity contribution is 5.83. The molecule has 0 aromatic heterocycles. The van der Waals surface area contributed by atoms with Crippen LogP contribution in [0.1, 0.15) is 85.3 Å². The van der Waals surface area contributed by atoms with Gasteiger partial charge >= 0.3 is 24.0 Å². The second-order valence-corrected chi connectivity index (χ2v) is 15.1. The normalized spacial score (nSPS) is 26.9. The van der Waals surface area contributed by atoms with Crippen molar-refractivity contribution in [3.63, 3.8) is 0 Å². The summed E-state index contributed by atoms with van der Waals surface area (Å²) < 4.78 is 34.1. The third-order valence-electron chi connectivity index (χ3n) is 9.44. The SMILES string of the molecule is COc1ccc2c3c1O[C@H]1C(OC(=O)[C@H](C)OC(=O)CC[C@H](NC(=O)OC(C)(C)C)C(=O)OC(C)(C)C)=CC[C@@]4(O)[C@@H](C2)N(C)CC[C@]314. The van der Waals surface area contributed by atoms with Gasteiger partial charge in [-0.05, 0) is 99.0 Å². The molecule has 0 saturated carbocycles. The van der Waals surface area contributed by atoms with Crippen LogP contribution in [-0.4, -0.2) is 95.8 Å². The molecule has 13 nitrogen and oxygen atoms in total. The van der Waals surface area contributed by atoms with Gasteiger partial charge in [0, 0.05) is 24.4 Å². The van der Waals surface area contributed by atoms with Gasteiger partial charge in [0.15, 0.2) is 23.7 Å². The minimum absolute atomic E-state index is 0.158. The second kappa shape index (κ2) is 12.6. The van der Waals surface area contributed by atoms with Gasteiger partial charge in [0.25, 0.3) is 0 Å². The number of nitrogens with one attached hydrogen (secondary N) is 1. The number of carbonyl (C=O) groups excluding carboxylic acids is 4. The van der Waals surface area contributed by atoms with E-state index in [0.717, 1.165) is 11.1 Å². The lowest BCUT2D eigenvalue weighted by atomic mass is 9.50. The summed E-state index contributed by atoms with van der Waals surface area (Å²) in [6.45, 7) is 12.2. The molecule has 0 radical (unpaired) electrons. The third-order valence-corrected chi connectivity index (χ3v) is 9.44. The number of ether oxygens (including phenoxy) is 6. The van der Waals surface area contributed by atoms with E-state index in [1.54, 1.807) is 54.7 Å². The van der Waals surface area contributed by atoms with Crippen molar-refractivity contribution < 1.29 is 52.7 Å². The number of methoxy groups -OCH3 is 1. The van der Waals surface area contributed by atoms with E-state index in [1.807, 2.05) is 19.2 Å². The molecule has 48 heavy (non-hydrogen) atoms. The highest BCUT2D eigenvalue weighted by Gasteiger charge is 2.72. The van der Waals surface area contributed by atoms with Gasteiger partial charge in [-0.3, -0.25) is 4.79 Å². The Balaban J connectivity index is 1.27. The molecule has 6 atom stereocenters. The number of aliphatic hydroxyl groups is 1. The minimum atomic E-state index is -1.30. The number of piperidine rings is 1. The zero-order valence-electron chi connectivity index (χ0n) is 29.3. The van der Waals surface area contributed by atoms with Crippen molar-refractivity contribution in [2.45, 2.75) is 127 Å². The number of alkyl carbamates (subject to hydrolysis) is 1. The summed E-state index contributed by atoms with van der Waals surface area (Å²) in [5, 5.41) is 14.8. The van der Waals surface area contributed by atoms with Crippen LogP contribution in [0.4, 0.5) is 4.79 Å². The molecule has 2 aliphatic heterocycles. The van der Waals surface area contributed by atoms with E-state index in [1.165, 1.54) is 6.92 Å². The van der Waals surface area contributed by atoms with E-state index >= 15 is 0 Å². The molecule has 1 aromatic rings. The van der Waals surface area contributed by atoms with Gasteiger partial charge < -0.3 is 43.7 Å². The molecule has 1 aromatic carbocycles. The predicted octanol–water partition coefficient (Wildman–Crippen LogP) is 3.46. The first-order valence-corrected chi connectivity index (χ1v) is 16.4. The van der Waals surface area contributed by atoms with Gasteiger partial charge in [0.1, 0.15) is 23.0 Å². The zero-order valence-corrected chi connectivity index (χ0v) is 29.3. The van der Waals surface area contributed by atoms with Crippen molar-refractivity contribution in [3.05, 3.63) is 35.1 Å². The molecule has 1 amide bonds. The summed E-state index contributed by atoms with van der Waals surface area (Å²) in [6, 6.07) is 2.51. The van der Waals surface area contributed by atoms with Crippen LogP contribution >= 0.6 is 0 Å². The molecule has 1 fully saturated rings. The molecular weight excluding hydrogens is 624 g/mol. The van der Waals surface area contributed by atoms with Crippen LogP contribution in [0.3, 0.4) is 0 Å². The molecule has 1 spiro atoms. The number of likely N-dealkylation sites (tertiary alicyclic amines) is 1. The highest BCUT2D eigenvalue weighted by Crippen LogP contribution is 2.65. The first-order valence-electron chi connectivity index (χ1n) is 16.4. The molecule has 2 heterocycles. The lowest BCUT2D eigenvalue weighted by Gasteiger charge is -2.61. The van der Waals surface area contributed by atoms with E-state index in [-0.39, 0.29) is 31.1 Å². The van der Waals surface area contributed by atoms with Gasteiger partial charge in [-0.1, -0.05) is 6.07 Å². The Morgan fingerprint density at radius 1 is 1.08 bits per heavy atom. The van der Waals surface area contributed by atoms with Gasteiger partial charge in [-0.2, -0.15) is 0 Å². The average molecular weight is 673 g/mol. The van der Waals surface area contributed by atoms with Crippen molar-refractivity contribution in [1.29, 1.82) is 0 Å². The fraction of sp³-hybridized carbons (Fsp3) is 0.657. The van der Waals surface area contributed by atoms with Crippen LogP contribution in [0.15, 0.2) is 24.0 Å². The summed E-state index contributed by atoms with van der Waals surface area (Å²) in [5.41, 5.74) is -1.70. The Kier molecular flexibility index (Phi) is 9.28. The Bertz CT molecular complexity index is 1510. The van der Waals surface area contributed by atoms with Crippen molar-refractivity contribution in [3.8, 4) is 11.5 Å². The van der Waals surface area contributed by atoms with Gasteiger partial charge in [0.2, 0.25) is 0 Å². The summed E-state index contributed by atoms with van der Waals surface area (Å²) in [6.07, 6.45) is -0.253. The number of hydrogen-bond acceptors (Lipinski definition) is 12. The van der Waals surface area contributed by atoms with Crippen LogP contribution in [0.5, 0.6) is 11.5 Å². The molecule has 4 aliphatic rings. The van der Waals surface area contributed by atoms with Crippen LogP contribution in [0, 0.1) is 0 Å². The molecule has 2 aliphatic carbocycles. The minimum Gasteiger partial charge on any atom is -0.493 e. The monoisotopic (exact) mass is 672 g/mol. The number of esters is 3. The van der Waals surface area contributed by atoms with E-state index < -0.39 is 64.5 Å². The Labute approximate surface area is 281 Å². The standard InChI is InChI=1S/C35H48N2O11/c1-19(44-25(38)13-11-21(30(40)47-32(2,3)4)36-31(41)48-33(5,6)7)29(39)45-23-14-15-35(42)24-18-20-10-12-22(43-9)27-26(20)34(35,28(23)46-27)16-17-37(24)8/h10,12,14,19,21,24,28,42H,11,13,15-18H2,1-9H3,(H,36,41)/t19-,21-,24+,28-,34-,35+/m0/s1. The quantitative estimate of drug-likeness (QED) is 0.291. The predicted molar refractivity (Wildman–Crippen MR) is 171 cm³/mol. The van der Waals surface area contributed by atoms with Crippen molar-refractivity contribution in [1.82, 2.24) is 10.2 Å². The van der Waals surface area contributed by atoms with E-state index in [0.29, 0.717) is 30.9 Å². The topological polar surface area (TPSA) is 159 Å². The molecule has 13 heteroatoms. The molecule has 2 N–H and O–H groups in total. The lowest BCUT2D eigenvalue weighted by molar-refractivity contribution is -0.175. The number of benzene rings is 1. The van der Waals surface area contributed by atoms with Crippen LogP contribution in [-0.2, 0) is 45.2 Å². The van der Waals surface area contributed by atoms with Crippen molar-refractivity contribution >= 4 is 24.0 Å². The lowest BCUT2D eigenvalue weighted by Crippen LogP contribution is -2.74. The zero-order chi connectivity index (χ0) is 35.4. The Hall–Kier alpha value is -3.84. The Morgan fingerprint density at radius 2 is 1.77 bits per heavy atom. The van der Waals surface area contributed by atoms with Crippen molar-refractivity contribution in [2.24, 2.45) is 0 Å². The number of likely N-dealkylation sites (N-methyl/N-ethyl adjacent to an activating group) is 1. The average Bonchev–Trinajstić information content (AvgIpc) is 3.32. The van der Waals surface area contributed by atoms with Crippen molar-refractivity contribution in [2.75, 3.05) is 20.7 Å². The van der Waals surface area contributed by atoms with Gasteiger partial charge in [0.05, 0.1) is 18.1 Å². The number of hydrogen-bond donors (Lipinski definition) is 2. The molecular formula is C35H48N2O11. The maximum Gasteiger partial charge on any atom is 0.408 e. The number of carbonyl (C=O) groups is 4. The highest BCUT2D eigenvalue weighted by atomic mass is 16.6. The molecule has 264 valence electrons. The number of rotatable bonds is 9. The second-order valence-electron chi connectivity index (χ2n) is 15.1. The number of amides is 1. The molecule has 0 unspecified atom stereocenters. The molecule has 1 saturated heterocycles. The van der Waals surface area contributed by atoms with E-state index in [9.17, 15) is 24.3 Å². The molecule has 5 rings (SSSR count). The smallest absolute Gasteiger partial charge is 0.408 e. The fourth-order valence-electron chi connectivity index (χ4n) is 7.42. The fourth-order valence-corrected chi connectivity index (χ4v) is 7.42. The summed E-state index contributed by atoms with van der Waals surface area (Å²) >= 11 is 0.